The number of nitrogens with one attached hydrogen (secondary N) is 1. The number of fused-ring (bicyclic) bond motifs is 5. The number of rotatable bonds is 5. The molecule has 9 nitrogen and oxygen atoms in total. The van der Waals surface area contributed by atoms with Gasteiger partial charge in [-0.3, -0.25) is 24.3 Å². The van der Waals surface area contributed by atoms with Crippen molar-refractivity contribution in [2.24, 2.45) is 4.99 Å². The summed E-state index contributed by atoms with van der Waals surface area (Å²) in [6.45, 7) is 7.36. The molecule has 0 radical (unpaired) electrons. The van der Waals surface area contributed by atoms with Crippen LogP contribution < -0.4 is 10.2 Å². The highest BCUT2D eigenvalue weighted by molar-refractivity contribution is 5.98. The van der Waals surface area contributed by atoms with Crippen molar-refractivity contribution in [1.29, 1.82) is 0 Å². The molecule has 0 spiro atoms. The zero-order valence-corrected chi connectivity index (χ0v) is 18.1. The number of hydrogen-bond acceptors (Lipinski definition) is 8. The average Bonchev–Trinajstić information content (AvgIpc) is 3.25. The van der Waals surface area contributed by atoms with Gasteiger partial charge in [0.1, 0.15) is 0 Å². The molecule has 0 unspecified atom stereocenters. The number of para-hydroxylation sites is 2. The van der Waals surface area contributed by atoms with Crippen LogP contribution in [0.15, 0.2) is 53.7 Å². The largest absolute Gasteiger partial charge is 0.379 e. The monoisotopic (exact) mass is 432 g/mol. The molecule has 3 aliphatic heterocycles. The molecular formula is C23H28N8O. The molecule has 1 fully saturated rings. The van der Waals surface area contributed by atoms with Gasteiger partial charge >= 0.3 is 0 Å². The summed E-state index contributed by atoms with van der Waals surface area (Å²) >= 11 is 0. The lowest BCUT2D eigenvalue weighted by atomic mass is 10.2. The van der Waals surface area contributed by atoms with Crippen LogP contribution in [0.4, 0.5) is 5.95 Å². The minimum absolute atomic E-state index is 0.138. The summed E-state index contributed by atoms with van der Waals surface area (Å²) in [6, 6.07) is 14.3. The molecule has 0 bridgehead atoms. The van der Waals surface area contributed by atoms with E-state index in [1.54, 1.807) is 0 Å². The molecule has 1 saturated heterocycles. The van der Waals surface area contributed by atoms with Crippen LogP contribution in [0.2, 0.25) is 0 Å². The molecule has 166 valence electrons. The van der Waals surface area contributed by atoms with Crippen molar-refractivity contribution in [3.8, 4) is 0 Å². The van der Waals surface area contributed by atoms with E-state index in [9.17, 15) is 0 Å². The maximum absolute atomic E-state index is 5.46. The number of guanidine groups is 1. The summed E-state index contributed by atoms with van der Waals surface area (Å²) in [5.41, 5.74) is 3.03. The molecule has 0 saturated carbocycles. The lowest BCUT2D eigenvalue weighted by Crippen LogP contribution is -2.57. The second kappa shape index (κ2) is 8.50. The number of pyridine rings is 1. The van der Waals surface area contributed by atoms with E-state index in [1.807, 2.05) is 30.5 Å². The normalized spacial score (nSPS) is 21.7. The van der Waals surface area contributed by atoms with Crippen molar-refractivity contribution < 1.29 is 4.74 Å². The Balaban J connectivity index is 1.26. The van der Waals surface area contributed by atoms with Gasteiger partial charge in [0, 0.05) is 25.8 Å². The highest BCUT2D eigenvalue weighted by Crippen LogP contribution is 2.33. The fourth-order valence-corrected chi connectivity index (χ4v) is 4.74. The van der Waals surface area contributed by atoms with Crippen molar-refractivity contribution in [2.45, 2.75) is 12.6 Å². The van der Waals surface area contributed by atoms with Gasteiger partial charge in [0.15, 0.2) is 6.17 Å². The van der Waals surface area contributed by atoms with Crippen LogP contribution in [0.3, 0.4) is 0 Å². The van der Waals surface area contributed by atoms with Crippen molar-refractivity contribution in [3.05, 3.63) is 54.4 Å². The molecule has 32 heavy (non-hydrogen) atoms. The van der Waals surface area contributed by atoms with Crippen LogP contribution in [0.25, 0.3) is 11.0 Å². The van der Waals surface area contributed by atoms with Gasteiger partial charge in [0.05, 0.1) is 43.3 Å². The SMILES string of the molecule is c1ccc([C@@H]2NC3=NCN(CCCN4CCOCC4)CN3c3nc4ccccc4n32)nc1. The van der Waals surface area contributed by atoms with E-state index in [0.29, 0.717) is 6.67 Å². The summed E-state index contributed by atoms with van der Waals surface area (Å²) < 4.78 is 7.70. The molecule has 1 aromatic carbocycles. The lowest BCUT2D eigenvalue weighted by molar-refractivity contribution is 0.0361. The highest BCUT2D eigenvalue weighted by Gasteiger charge is 2.36. The van der Waals surface area contributed by atoms with E-state index < -0.39 is 0 Å². The topological polar surface area (TPSA) is 74.1 Å². The van der Waals surface area contributed by atoms with Crippen LogP contribution >= 0.6 is 0 Å². The summed E-state index contributed by atoms with van der Waals surface area (Å²) in [6.07, 6.45) is 2.82. The van der Waals surface area contributed by atoms with Gasteiger partial charge in [-0.1, -0.05) is 18.2 Å². The van der Waals surface area contributed by atoms with Crippen LogP contribution in [0.1, 0.15) is 18.3 Å². The molecule has 6 rings (SSSR count). The standard InChI is InChI=1S/C23H28N8O/c1-2-8-20-18(6-1)26-23-30-17-29(11-5-10-28-12-14-32-15-13-28)16-25-22(30)27-21(31(20)23)19-7-3-4-9-24-19/h1-4,6-9,21H,5,10-17H2,(H,25,27)/t21-/m1/s1. The molecule has 2 aromatic heterocycles. The first-order valence-electron chi connectivity index (χ1n) is 11.4. The average molecular weight is 433 g/mol. The van der Waals surface area contributed by atoms with Crippen LogP contribution in [-0.2, 0) is 4.74 Å². The number of hydrogen-bond donors (Lipinski definition) is 1. The Hall–Kier alpha value is -3.01. The summed E-state index contributed by atoms with van der Waals surface area (Å²) in [5, 5.41) is 3.62. The zero-order valence-electron chi connectivity index (χ0n) is 18.1. The number of aliphatic imine (C=N–C) groups is 1. The van der Waals surface area contributed by atoms with Crippen LogP contribution in [0, 0.1) is 0 Å². The minimum atomic E-state index is -0.138. The van der Waals surface area contributed by atoms with E-state index in [4.69, 9.17) is 14.7 Å². The number of imidazole rings is 1. The van der Waals surface area contributed by atoms with Crippen molar-refractivity contribution in [2.75, 3.05) is 57.6 Å². The fourth-order valence-electron chi connectivity index (χ4n) is 4.74. The minimum Gasteiger partial charge on any atom is -0.379 e. The van der Waals surface area contributed by atoms with E-state index >= 15 is 0 Å². The Bertz CT molecular complexity index is 1110. The maximum atomic E-state index is 5.46. The number of anilines is 1. The Morgan fingerprint density at radius 1 is 1.00 bits per heavy atom. The van der Waals surface area contributed by atoms with Gasteiger partial charge in [-0.15, -0.1) is 0 Å². The van der Waals surface area contributed by atoms with Gasteiger partial charge in [0.2, 0.25) is 11.9 Å². The summed E-state index contributed by atoms with van der Waals surface area (Å²) in [5.74, 6) is 1.78. The van der Waals surface area contributed by atoms with Crippen LogP contribution in [-0.4, -0.2) is 83.0 Å². The molecule has 0 amide bonds. The number of ether oxygens (including phenoxy) is 1. The van der Waals surface area contributed by atoms with E-state index in [0.717, 1.165) is 81.1 Å². The maximum Gasteiger partial charge on any atom is 0.216 e. The molecular weight excluding hydrogens is 404 g/mol. The van der Waals surface area contributed by atoms with Crippen molar-refractivity contribution in [1.82, 2.24) is 29.7 Å². The smallest absolute Gasteiger partial charge is 0.216 e. The molecule has 1 atom stereocenters. The third-order valence-electron chi connectivity index (χ3n) is 6.38. The quantitative estimate of drug-likeness (QED) is 0.658. The molecule has 1 N–H and O–H groups in total. The Labute approximate surface area is 187 Å². The van der Waals surface area contributed by atoms with E-state index in [2.05, 4.69) is 47.8 Å². The molecule has 0 aliphatic carbocycles. The zero-order chi connectivity index (χ0) is 21.3. The van der Waals surface area contributed by atoms with Gasteiger partial charge in [-0.2, -0.15) is 0 Å². The van der Waals surface area contributed by atoms with Gasteiger partial charge in [0.25, 0.3) is 0 Å². The van der Waals surface area contributed by atoms with Gasteiger partial charge < -0.3 is 10.1 Å². The predicted molar refractivity (Wildman–Crippen MR) is 123 cm³/mol. The third kappa shape index (κ3) is 3.62. The molecule has 3 aliphatic rings. The number of morpholine rings is 1. The number of nitrogens with zero attached hydrogens (tertiary/aromatic N) is 7. The summed E-state index contributed by atoms with van der Waals surface area (Å²) in [7, 11) is 0. The second-order valence-electron chi connectivity index (χ2n) is 8.47. The molecule has 9 heteroatoms. The second-order valence-corrected chi connectivity index (χ2v) is 8.47. The van der Waals surface area contributed by atoms with Gasteiger partial charge in [-0.05, 0) is 37.2 Å². The first-order chi connectivity index (χ1) is 15.9. The fraction of sp³-hybridized carbons (Fsp3) is 0.435. The van der Waals surface area contributed by atoms with Crippen molar-refractivity contribution >= 4 is 22.9 Å². The Morgan fingerprint density at radius 2 is 1.84 bits per heavy atom. The highest BCUT2D eigenvalue weighted by atomic mass is 16.5. The van der Waals surface area contributed by atoms with Crippen LogP contribution in [0.5, 0.6) is 0 Å². The van der Waals surface area contributed by atoms with Gasteiger partial charge in [-0.25, -0.2) is 9.98 Å². The Morgan fingerprint density at radius 3 is 2.72 bits per heavy atom. The van der Waals surface area contributed by atoms with Crippen molar-refractivity contribution in [3.63, 3.8) is 0 Å². The lowest BCUT2D eigenvalue weighted by Gasteiger charge is -2.41. The molecule has 3 aromatic rings. The third-order valence-corrected chi connectivity index (χ3v) is 6.38. The van der Waals surface area contributed by atoms with E-state index in [-0.39, 0.29) is 6.17 Å². The number of benzene rings is 1. The number of aromatic nitrogens is 3. The Kier molecular flexibility index (Phi) is 5.22. The summed E-state index contributed by atoms with van der Waals surface area (Å²) in [4.78, 5) is 21.6. The predicted octanol–water partition coefficient (Wildman–Crippen LogP) is 1.70. The first-order valence-corrected chi connectivity index (χ1v) is 11.4. The van der Waals surface area contributed by atoms with E-state index in [1.165, 1.54) is 0 Å². The molecule has 5 heterocycles. The first kappa shape index (κ1) is 19.7.